The Bertz CT molecular complexity index is 1210. The fourth-order valence-corrected chi connectivity index (χ4v) is 4.07. The second-order valence-corrected chi connectivity index (χ2v) is 9.87. The molecule has 9 nitrogen and oxygen atoms in total. The Morgan fingerprint density at radius 1 is 1.10 bits per heavy atom. The highest BCUT2D eigenvalue weighted by atomic mass is 16.7. The van der Waals surface area contributed by atoms with Crippen molar-refractivity contribution in [2.75, 3.05) is 33.9 Å². The number of carbonyl (C=O) groups is 3. The van der Waals surface area contributed by atoms with Crippen molar-refractivity contribution in [3.63, 3.8) is 0 Å². The number of hydrogen-bond donors (Lipinski definition) is 2. The van der Waals surface area contributed by atoms with Crippen LogP contribution in [0.3, 0.4) is 0 Å². The van der Waals surface area contributed by atoms with E-state index < -0.39 is 29.4 Å². The normalized spacial score (nSPS) is 17.1. The lowest BCUT2D eigenvalue weighted by molar-refractivity contribution is -0.174. The van der Waals surface area contributed by atoms with Gasteiger partial charge in [0.05, 0.1) is 19.3 Å². The molecule has 2 aromatic carbocycles. The van der Waals surface area contributed by atoms with Gasteiger partial charge in [-0.1, -0.05) is 24.0 Å². The lowest BCUT2D eigenvalue weighted by Gasteiger charge is -2.36. The summed E-state index contributed by atoms with van der Waals surface area (Å²) < 4.78 is 16.6. The van der Waals surface area contributed by atoms with Gasteiger partial charge in [-0.15, -0.1) is 0 Å². The molecule has 2 N–H and O–H groups in total. The van der Waals surface area contributed by atoms with Gasteiger partial charge >= 0.3 is 0 Å². The number of nitrogens with one attached hydrogen (secondary N) is 1. The van der Waals surface area contributed by atoms with E-state index in [2.05, 4.69) is 17.2 Å². The molecule has 9 heteroatoms. The average molecular weight is 551 g/mol. The molecule has 214 valence electrons. The number of likely N-dealkylation sites (N-methyl/N-ethyl adjacent to an activating group) is 2. The number of ketones is 1. The number of hydrogen-bond acceptors (Lipinski definition) is 7. The third-order valence-corrected chi connectivity index (χ3v) is 6.95. The van der Waals surface area contributed by atoms with Crippen LogP contribution in [0.2, 0.25) is 0 Å². The van der Waals surface area contributed by atoms with E-state index in [1.807, 2.05) is 24.3 Å². The molecule has 1 heterocycles. The first-order valence-corrected chi connectivity index (χ1v) is 13.4. The van der Waals surface area contributed by atoms with Gasteiger partial charge < -0.3 is 29.5 Å². The molecule has 2 amide bonds. The van der Waals surface area contributed by atoms with Crippen molar-refractivity contribution >= 4 is 17.6 Å². The zero-order valence-corrected chi connectivity index (χ0v) is 23.6. The maximum absolute atomic E-state index is 13.3. The smallest absolute Gasteiger partial charge is 0.254 e. The molecule has 1 fully saturated rings. The molecule has 0 aromatic heterocycles. The molecule has 1 saturated heterocycles. The van der Waals surface area contributed by atoms with Crippen LogP contribution in [0.1, 0.15) is 60.2 Å². The molecule has 0 spiro atoms. The van der Waals surface area contributed by atoms with Gasteiger partial charge in [0, 0.05) is 37.4 Å². The minimum Gasteiger partial charge on any atom is -0.394 e. The van der Waals surface area contributed by atoms with Gasteiger partial charge in [0.25, 0.3) is 11.8 Å². The number of benzene rings is 2. The number of aliphatic hydroxyl groups excluding tert-OH is 1. The molecule has 0 bridgehead atoms. The summed E-state index contributed by atoms with van der Waals surface area (Å²) in [6.45, 7) is 3.82. The fourth-order valence-electron chi connectivity index (χ4n) is 4.07. The Morgan fingerprint density at radius 2 is 1.73 bits per heavy atom. The SMILES string of the molecule is CNC(=O)[C@@](C)(C(=O)COC1CCCCO1)N(C)C(=O)c1ccc(C#Cc2ccc(COC(C)CO)cc2)cc1. The maximum atomic E-state index is 13.3. The van der Waals surface area contributed by atoms with Crippen LogP contribution < -0.4 is 5.32 Å². The van der Waals surface area contributed by atoms with Crippen molar-refractivity contribution in [2.24, 2.45) is 0 Å². The molecule has 1 aliphatic heterocycles. The van der Waals surface area contributed by atoms with Crippen molar-refractivity contribution in [2.45, 2.75) is 57.6 Å². The van der Waals surface area contributed by atoms with Gasteiger partial charge in [-0.05, 0) is 75.1 Å². The van der Waals surface area contributed by atoms with Gasteiger partial charge in [0.15, 0.2) is 17.6 Å². The highest BCUT2D eigenvalue weighted by Gasteiger charge is 2.46. The molecule has 1 aliphatic rings. The summed E-state index contributed by atoms with van der Waals surface area (Å²) in [5.74, 6) is 4.53. The van der Waals surface area contributed by atoms with Crippen LogP contribution in [0.25, 0.3) is 0 Å². The van der Waals surface area contributed by atoms with Crippen molar-refractivity contribution < 1.29 is 33.7 Å². The topological polar surface area (TPSA) is 114 Å². The van der Waals surface area contributed by atoms with Crippen LogP contribution in [0.4, 0.5) is 0 Å². The van der Waals surface area contributed by atoms with E-state index in [0.717, 1.165) is 28.9 Å². The predicted octanol–water partition coefficient (Wildman–Crippen LogP) is 2.67. The molecule has 3 rings (SSSR count). The first kappa shape index (κ1) is 31.0. The predicted molar refractivity (Wildman–Crippen MR) is 149 cm³/mol. The van der Waals surface area contributed by atoms with Crippen molar-refractivity contribution in [1.29, 1.82) is 0 Å². The number of nitrogens with zero attached hydrogens (tertiary/aromatic N) is 1. The third kappa shape index (κ3) is 7.99. The minimum absolute atomic E-state index is 0.0269. The van der Waals surface area contributed by atoms with E-state index in [0.29, 0.717) is 30.8 Å². The number of rotatable bonds is 11. The van der Waals surface area contributed by atoms with Crippen LogP contribution in [-0.4, -0.2) is 79.5 Å². The molecular weight excluding hydrogens is 512 g/mol. The zero-order valence-electron chi connectivity index (χ0n) is 23.6. The van der Waals surface area contributed by atoms with Gasteiger partial charge in [-0.2, -0.15) is 0 Å². The van der Waals surface area contributed by atoms with E-state index >= 15 is 0 Å². The Labute approximate surface area is 235 Å². The summed E-state index contributed by atoms with van der Waals surface area (Å²) in [5, 5.41) is 11.6. The lowest BCUT2D eigenvalue weighted by atomic mass is 9.92. The number of Topliss-reactive ketones (excluding diaryl/α,β-unsaturated/α-hetero) is 1. The average Bonchev–Trinajstić information content (AvgIpc) is 3.01. The lowest BCUT2D eigenvalue weighted by Crippen LogP contribution is -2.62. The van der Waals surface area contributed by atoms with Crippen LogP contribution in [0, 0.1) is 11.8 Å². The standard InChI is InChI=1S/C31H38N2O7/c1-22(19-34)39-20-25-12-10-23(11-13-25)8-9-24-14-16-26(17-15-24)29(36)33(4)31(2,30(37)32-3)27(35)21-40-28-7-5-6-18-38-28/h10-17,22,28,34H,5-7,18-21H2,1-4H3,(H,32,37)/t22?,28?,31-/m1/s1. The van der Waals surface area contributed by atoms with Crippen molar-refractivity contribution in [1.82, 2.24) is 10.2 Å². The Balaban J connectivity index is 1.66. The fraction of sp³-hybridized carbons (Fsp3) is 0.452. The summed E-state index contributed by atoms with van der Waals surface area (Å²) >= 11 is 0. The summed E-state index contributed by atoms with van der Waals surface area (Å²) in [6.07, 6.45) is 1.85. The number of amides is 2. The van der Waals surface area contributed by atoms with E-state index in [9.17, 15) is 14.4 Å². The van der Waals surface area contributed by atoms with Gasteiger partial charge in [-0.25, -0.2) is 0 Å². The largest absolute Gasteiger partial charge is 0.394 e. The molecule has 0 radical (unpaired) electrons. The quantitative estimate of drug-likeness (QED) is 0.327. The highest BCUT2D eigenvalue weighted by Crippen LogP contribution is 2.21. The minimum atomic E-state index is -1.77. The number of carbonyl (C=O) groups excluding carboxylic acids is 3. The molecule has 0 aliphatic carbocycles. The molecule has 2 aromatic rings. The van der Waals surface area contributed by atoms with Gasteiger partial charge in [0.1, 0.15) is 6.61 Å². The molecular formula is C31H38N2O7. The second kappa shape index (κ2) is 14.7. The Kier molecular flexibility index (Phi) is 11.4. The van der Waals surface area contributed by atoms with Gasteiger partial charge in [0.2, 0.25) is 0 Å². The highest BCUT2D eigenvalue weighted by molar-refractivity contribution is 6.14. The zero-order chi connectivity index (χ0) is 29.1. The summed E-state index contributed by atoms with van der Waals surface area (Å²) in [5.41, 5.74) is 1.05. The first-order valence-electron chi connectivity index (χ1n) is 13.4. The molecule has 0 saturated carbocycles. The number of ether oxygens (including phenoxy) is 3. The van der Waals surface area contributed by atoms with E-state index in [1.165, 1.54) is 21.0 Å². The summed E-state index contributed by atoms with van der Waals surface area (Å²) in [7, 11) is 2.85. The molecule has 2 unspecified atom stereocenters. The van der Waals surface area contributed by atoms with Crippen LogP contribution >= 0.6 is 0 Å². The van der Waals surface area contributed by atoms with E-state index in [-0.39, 0.29) is 19.3 Å². The van der Waals surface area contributed by atoms with E-state index in [4.69, 9.17) is 19.3 Å². The molecule has 3 atom stereocenters. The second-order valence-electron chi connectivity index (χ2n) is 9.87. The van der Waals surface area contributed by atoms with Gasteiger partial charge in [-0.3, -0.25) is 14.4 Å². The first-order chi connectivity index (χ1) is 19.2. The maximum Gasteiger partial charge on any atom is 0.254 e. The Hall–Kier alpha value is -3.55. The summed E-state index contributed by atoms with van der Waals surface area (Å²) in [4.78, 5) is 40.5. The summed E-state index contributed by atoms with van der Waals surface area (Å²) in [6, 6.07) is 14.3. The van der Waals surface area contributed by atoms with Crippen LogP contribution in [-0.2, 0) is 30.4 Å². The van der Waals surface area contributed by atoms with Crippen molar-refractivity contribution in [3.05, 3.63) is 70.8 Å². The van der Waals surface area contributed by atoms with Crippen LogP contribution in [0.5, 0.6) is 0 Å². The molecule has 40 heavy (non-hydrogen) atoms. The number of aliphatic hydroxyl groups is 1. The van der Waals surface area contributed by atoms with Crippen LogP contribution in [0.15, 0.2) is 48.5 Å². The Morgan fingerprint density at radius 3 is 2.27 bits per heavy atom. The monoisotopic (exact) mass is 550 g/mol. The van der Waals surface area contributed by atoms with E-state index in [1.54, 1.807) is 31.2 Å². The third-order valence-electron chi connectivity index (χ3n) is 6.95. The van der Waals surface area contributed by atoms with Crippen molar-refractivity contribution in [3.8, 4) is 11.8 Å².